The molecule has 0 spiro atoms. The highest BCUT2D eigenvalue weighted by atomic mass is 35.5. The van der Waals surface area contributed by atoms with Crippen LogP contribution in [0.3, 0.4) is 0 Å². The first-order valence-corrected chi connectivity index (χ1v) is 6.78. The van der Waals surface area contributed by atoms with Crippen molar-refractivity contribution >= 4 is 29.2 Å². The summed E-state index contributed by atoms with van der Waals surface area (Å²) in [6.07, 6.45) is 3.66. The van der Waals surface area contributed by atoms with E-state index in [0.29, 0.717) is 5.02 Å². The van der Waals surface area contributed by atoms with E-state index in [4.69, 9.17) is 22.7 Å². The summed E-state index contributed by atoms with van der Waals surface area (Å²) in [6, 6.07) is 5.54. The first kappa shape index (κ1) is 13.4. The molecule has 3 N–H and O–H groups in total. The predicted octanol–water partition coefficient (Wildman–Crippen LogP) is 3.91. The lowest BCUT2D eigenvalue weighted by atomic mass is 10.2. The molecule has 0 unspecified atom stereocenters. The quantitative estimate of drug-likeness (QED) is 0.351. The molecule has 0 aliphatic carbocycles. The Balaban J connectivity index is 2.67. The number of hydrogen-bond acceptors (Lipinski definition) is 2. The van der Waals surface area contributed by atoms with Crippen molar-refractivity contribution in [2.75, 3.05) is 5.75 Å². The molecule has 4 heteroatoms. The summed E-state index contributed by atoms with van der Waals surface area (Å²) in [5.74, 6) is 1.15. The number of benzene rings is 1. The third-order valence-electron chi connectivity index (χ3n) is 2.24. The average molecular weight is 257 g/mol. The number of amidine groups is 1. The van der Waals surface area contributed by atoms with E-state index in [9.17, 15) is 0 Å². The van der Waals surface area contributed by atoms with Gasteiger partial charge in [-0.25, -0.2) is 0 Å². The van der Waals surface area contributed by atoms with Crippen molar-refractivity contribution in [1.82, 2.24) is 0 Å². The smallest absolute Gasteiger partial charge is 0.123 e. The number of hydrogen-bond donors (Lipinski definition) is 2. The maximum absolute atomic E-state index is 7.50. The van der Waals surface area contributed by atoms with Crippen LogP contribution in [0.4, 0.5) is 0 Å². The highest BCUT2D eigenvalue weighted by molar-refractivity contribution is 7.99. The molecule has 0 bridgehead atoms. The van der Waals surface area contributed by atoms with Gasteiger partial charge in [0.1, 0.15) is 5.84 Å². The van der Waals surface area contributed by atoms with Crippen molar-refractivity contribution in [3.63, 3.8) is 0 Å². The molecule has 0 aromatic heterocycles. The third kappa shape index (κ3) is 4.06. The van der Waals surface area contributed by atoms with Crippen molar-refractivity contribution in [2.45, 2.75) is 31.1 Å². The Morgan fingerprint density at radius 3 is 2.81 bits per heavy atom. The molecule has 0 aliphatic heterocycles. The number of nitrogen functional groups attached to an aromatic ring is 1. The third-order valence-corrected chi connectivity index (χ3v) is 3.63. The van der Waals surface area contributed by atoms with E-state index >= 15 is 0 Å². The molecule has 0 heterocycles. The topological polar surface area (TPSA) is 49.9 Å². The Hall–Kier alpha value is -0.670. The minimum Gasteiger partial charge on any atom is -0.384 e. The van der Waals surface area contributed by atoms with E-state index < -0.39 is 0 Å². The molecule has 1 rings (SSSR count). The molecule has 0 fully saturated rings. The largest absolute Gasteiger partial charge is 0.384 e. The predicted molar refractivity (Wildman–Crippen MR) is 72.7 cm³/mol. The first-order valence-electron chi connectivity index (χ1n) is 5.42. The van der Waals surface area contributed by atoms with Gasteiger partial charge in [0.25, 0.3) is 0 Å². The summed E-state index contributed by atoms with van der Waals surface area (Å²) >= 11 is 7.63. The molecule has 0 saturated carbocycles. The van der Waals surface area contributed by atoms with Crippen LogP contribution in [0.5, 0.6) is 0 Å². The summed E-state index contributed by atoms with van der Waals surface area (Å²) in [5.41, 5.74) is 6.27. The van der Waals surface area contributed by atoms with Crippen molar-refractivity contribution in [1.29, 1.82) is 5.41 Å². The molecule has 0 saturated heterocycles. The second-order valence-corrected chi connectivity index (χ2v) is 5.18. The van der Waals surface area contributed by atoms with Crippen molar-refractivity contribution in [3.05, 3.63) is 28.8 Å². The number of thioether (sulfide) groups is 1. The van der Waals surface area contributed by atoms with Crippen molar-refractivity contribution in [3.8, 4) is 0 Å². The monoisotopic (exact) mass is 256 g/mol. The lowest BCUT2D eigenvalue weighted by Gasteiger charge is -2.08. The molecular weight excluding hydrogens is 240 g/mol. The Morgan fingerprint density at radius 2 is 2.19 bits per heavy atom. The maximum atomic E-state index is 7.50. The highest BCUT2D eigenvalue weighted by Gasteiger charge is 2.06. The molecule has 0 radical (unpaired) electrons. The van der Waals surface area contributed by atoms with Crippen LogP contribution in [0.1, 0.15) is 31.7 Å². The first-order chi connectivity index (χ1) is 7.65. The number of halogens is 1. The lowest BCUT2D eigenvalue weighted by Crippen LogP contribution is -2.12. The number of nitrogens with one attached hydrogen (secondary N) is 1. The van der Waals surface area contributed by atoms with E-state index in [1.807, 2.05) is 12.1 Å². The minimum atomic E-state index is 0.0838. The minimum absolute atomic E-state index is 0.0838. The zero-order chi connectivity index (χ0) is 12.0. The second kappa shape index (κ2) is 6.81. The van der Waals surface area contributed by atoms with E-state index in [1.165, 1.54) is 19.3 Å². The van der Waals surface area contributed by atoms with Gasteiger partial charge in [0.2, 0.25) is 0 Å². The fourth-order valence-corrected chi connectivity index (χ4v) is 2.60. The molecular formula is C12H17ClN2S. The van der Waals surface area contributed by atoms with Crippen molar-refractivity contribution < 1.29 is 0 Å². The Morgan fingerprint density at radius 1 is 1.44 bits per heavy atom. The average Bonchev–Trinajstić information content (AvgIpc) is 2.26. The van der Waals surface area contributed by atoms with Crippen LogP contribution in [0.25, 0.3) is 0 Å². The van der Waals surface area contributed by atoms with Gasteiger partial charge in [0.15, 0.2) is 0 Å². The van der Waals surface area contributed by atoms with E-state index in [2.05, 4.69) is 6.92 Å². The molecule has 16 heavy (non-hydrogen) atoms. The van der Waals surface area contributed by atoms with E-state index in [1.54, 1.807) is 17.8 Å². The zero-order valence-electron chi connectivity index (χ0n) is 9.42. The lowest BCUT2D eigenvalue weighted by molar-refractivity contribution is 0.778. The van der Waals surface area contributed by atoms with Crippen LogP contribution in [0.15, 0.2) is 23.1 Å². The van der Waals surface area contributed by atoms with Gasteiger partial charge in [-0.05, 0) is 30.4 Å². The normalized spacial score (nSPS) is 10.4. The fourth-order valence-electron chi connectivity index (χ4n) is 1.37. The molecule has 88 valence electrons. The van der Waals surface area contributed by atoms with Gasteiger partial charge in [-0.1, -0.05) is 31.4 Å². The van der Waals surface area contributed by atoms with Gasteiger partial charge in [0, 0.05) is 15.5 Å². The van der Waals surface area contributed by atoms with Crippen LogP contribution in [-0.4, -0.2) is 11.6 Å². The summed E-state index contributed by atoms with van der Waals surface area (Å²) < 4.78 is 0. The summed E-state index contributed by atoms with van der Waals surface area (Å²) in [5, 5.41) is 8.12. The maximum Gasteiger partial charge on any atom is 0.123 e. The van der Waals surface area contributed by atoms with Gasteiger partial charge >= 0.3 is 0 Å². The highest BCUT2D eigenvalue weighted by Crippen LogP contribution is 2.26. The van der Waals surface area contributed by atoms with Gasteiger partial charge in [-0.15, -0.1) is 11.8 Å². The molecule has 1 aromatic carbocycles. The van der Waals surface area contributed by atoms with E-state index in [0.717, 1.165) is 16.2 Å². The molecule has 0 amide bonds. The second-order valence-electron chi connectivity index (χ2n) is 3.61. The SMILES string of the molecule is CCCCCSc1ccc(Cl)cc1C(=N)N. The Bertz CT molecular complexity index is 366. The summed E-state index contributed by atoms with van der Waals surface area (Å²) in [7, 11) is 0. The summed E-state index contributed by atoms with van der Waals surface area (Å²) in [6.45, 7) is 2.19. The molecule has 0 aliphatic rings. The van der Waals surface area contributed by atoms with Crippen LogP contribution < -0.4 is 5.73 Å². The Labute approximate surface area is 106 Å². The van der Waals surface area contributed by atoms with Gasteiger partial charge in [0.05, 0.1) is 0 Å². The molecule has 2 nitrogen and oxygen atoms in total. The van der Waals surface area contributed by atoms with Gasteiger partial charge < -0.3 is 5.73 Å². The van der Waals surface area contributed by atoms with E-state index in [-0.39, 0.29) is 5.84 Å². The van der Waals surface area contributed by atoms with Crippen molar-refractivity contribution in [2.24, 2.45) is 5.73 Å². The fraction of sp³-hybridized carbons (Fsp3) is 0.417. The Kier molecular flexibility index (Phi) is 5.71. The number of unbranched alkanes of at least 4 members (excludes halogenated alkanes) is 2. The van der Waals surface area contributed by atoms with Crippen LogP contribution in [0.2, 0.25) is 5.02 Å². The zero-order valence-corrected chi connectivity index (χ0v) is 11.0. The number of rotatable bonds is 6. The van der Waals surface area contributed by atoms with Gasteiger partial charge in [-0.2, -0.15) is 0 Å². The number of nitrogens with two attached hydrogens (primary N) is 1. The van der Waals surface area contributed by atoms with Crippen LogP contribution >= 0.6 is 23.4 Å². The molecule has 1 aromatic rings. The van der Waals surface area contributed by atoms with Crippen LogP contribution in [-0.2, 0) is 0 Å². The van der Waals surface area contributed by atoms with Gasteiger partial charge in [-0.3, -0.25) is 5.41 Å². The standard InChI is InChI=1S/C12H17ClN2S/c1-2-3-4-7-16-11-6-5-9(13)8-10(11)12(14)15/h5-6,8H,2-4,7H2,1H3,(H3,14,15). The summed E-state index contributed by atoms with van der Waals surface area (Å²) in [4.78, 5) is 1.05. The molecule has 0 atom stereocenters. The van der Waals surface area contributed by atoms with Crippen LogP contribution in [0, 0.1) is 5.41 Å².